The van der Waals surface area contributed by atoms with E-state index < -0.39 is 6.10 Å². The fourth-order valence-electron chi connectivity index (χ4n) is 1.89. The second kappa shape index (κ2) is 4.69. The zero-order valence-electron chi connectivity index (χ0n) is 8.59. The lowest BCUT2D eigenvalue weighted by molar-refractivity contribution is -0.1000. The molecule has 5 nitrogen and oxygen atoms in total. The van der Waals surface area contributed by atoms with E-state index in [9.17, 15) is 5.11 Å². The summed E-state index contributed by atoms with van der Waals surface area (Å²) in [6.45, 7) is 0.0452. The van der Waals surface area contributed by atoms with E-state index in [4.69, 9.17) is 9.84 Å². The van der Waals surface area contributed by atoms with Gasteiger partial charge in [0.1, 0.15) is 5.44 Å². The van der Waals surface area contributed by atoms with E-state index in [-0.39, 0.29) is 24.2 Å². The third-order valence-electron chi connectivity index (χ3n) is 2.67. The fourth-order valence-corrected chi connectivity index (χ4v) is 2.95. The number of aliphatic hydroxyl groups excluding tert-OH is 2. The summed E-state index contributed by atoms with van der Waals surface area (Å²) in [6, 6.07) is 0.0439. The van der Waals surface area contributed by atoms with Crippen LogP contribution in [0, 0.1) is 0 Å². The number of aliphatic imine (C=N–C) groups is 1. The SMILES string of the molecule is CNC1=N[C@@H]2C[C@H](O)[C@@H](CCO)O[C@@H]2S1. The van der Waals surface area contributed by atoms with Crippen LogP contribution in [0.4, 0.5) is 0 Å². The molecule has 0 aliphatic carbocycles. The first-order chi connectivity index (χ1) is 7.24. The van der Waals surface area contributed by atoms with Gasteiger partial charge in [-0.2, -0.15) is 0 Å². The third-order valence-corrected chi connectivity index (χ3v) is 3.86. The minimum absolute atomic E-state index is 0.00704. The van der Waals surface area contributed by atoms with E-state index in [1.54, 1.807) is 11.8 Å². The van der Waals surface area contributed by atoms with Crippen molar-refractivity contribution in [1.29, 1.82) is 0 Å². The Labute approximate surface area is 92.9 Å². The van der Waals surface area contributed by atoms with Crippen molar-refractivity contribution in [1.82, 2.24) is 5.32 Å². The molecule has 86 valence electrons. The Hall–Kier alpha value is -0.300. The van der Waals surface area contributed by atoms with Crippen LogP contribution in [-0.4, -0.2) is 52.7 Å². The second-order valence-corrected chi connectivity index (χ2v) is 4.81. The molecule has 0 spiro atoms. The lowest BCUT2D eigenvalue weighted by Gasteiger charge is -2.34. The maximum Gasteiger partial charge on any atom is 0.159 e. The summed E-state index contributed by atoms with van der Waals surface area (Å²) in [4.78, 5) is 4.39. The predicted molar refractivity (Wildman–Crippen MR) is 58.9 cm³/mol. The number of rotatable bonds is 2. The van der Waals surface area contributed by atoms with E-state index in [0.717, 1.165) is 5.17 Å². The molecule has 0 amide bonds. The summed E-state index contributed by atoms with van der Waals surface area (Å²) in [5.41, 5.74) is -0.00704. The molecule has 0 aromatic rings. The highest BCUT2D eigenvalue weighted by Gasteiger charge is 2.41. The van der Waals surface area contributed by atoms with Crippen LogP contribution >= 0.6 is 11.8 Å². The molecule has 0 bridgehead atoms. The van der Waals surface area contributed by atoms with Crippen molar-refractivity contribution < 1.29 is 14.9 Å². The monoisotopic (exact) mass is 232 g/mol. The lowest BCUT2D eigenvalue weighted by Crippen LogP contribution is -2.44. The Balaban J connectivity index is 1.97. The van der Waals surface area contributed by atoms with Gasteiger partial charge in [0.25, 0.3) is 0 Å². The molecule has 15 heavy (non-hydrogen) atoms. The average molecular weight is 232 g/mol. The number of hydrogen-bond acceptors (Lipinski definition) is 6. The number of aliphatic hydroxyl groups is 2. The molecule has 0 aromatic heterocycles. The van der Waals surface area contributed by atoms with E-state index in [2.05, 4.69) is 10.3 Å². The Morgan fingerprint density at radius 1 is 1.67 bits per heavy atom. The lowest BCUT2D eigenvalue weighted by atomic mass is 10.00. The maximum atomic E-state index is 9.77. The zero-order chi connectivity index (χ0) is 10.8. The fraction of sp³-hybridized carbons (Fsp3) is 0.889. The molecule has 0 saturated carbocycles. The molecular formula is C9H16N2O3S. The van der Waals surface area contributed by atoms with Crippen LogP contribution in [0.15, 0.2) is 4.99 Å². The third kappa shape index (κ3) is 2.28. The van der Waals surface area contributed by atoms with Crippen LogP contribution in [0.5, 0.6) is 0 Å². The van der Waals surface area contributed by atoms with Crippen molar-refractivity contribution in [3.8, 4) is 0 Å². The van der Waals surface area contributed by atoms with Gasteiger partial charge in [-0.25, -0.2) is 0 Å². The van der Waals surface area contributed by atoms with Crippen molar-refractivity contribution in [2.75, 3.05) is 13.7 Å². The average Bonchev–Trinajstić information content (AvgIpc) is 2.61. The van der Waals surface area contributed by atoms with Gasteiger partial charge in [0.15, 0.2) is 5.17 Å². The quantitative estimate of drug-likeness (QED) is 0.600. The van der Waals surface area contributed by atoms with E-state index in [1.807, 2.05) is 7.05 Å². The Morgan fingerprint density at radius 3 is 3.13 bits per heavy atom. The van der Waals surface area contributed by atoms with Crippen molar-refractivity contribution in [2.24, 2.45) is 4.99 Å². The van der Waals surface area contributed by atoms with Crippen LogP contribution in [0.1, 0.15) is 12.8 Å². The van der Waals surface area contributed by atoms with E-state index in [0.29, 0.717) is 12.8 Å². The minimum atomic E-state index is -0.515. The second-order valence-electron chi connectivity index (χ2n) is 3.73. The summed E-state index contributed by atoms with van der Waals surface area (Å²) in [7, 11) is 1.82. The molecule has 4 atom stereocenters. The summed E-state index contributed by atoms with van der Waals surface area (Å²) >= 11 is 1.55. The van der Waals surface area contributed by atoms with Crippen molar-refractivity contribution >= 4 is 16.9 Å². The van der Waals surface area contributed by atoms with E-state index in [1.165, 1.54) is 0 Å². The summed E-state index contributed by atoms with van der Waals surface area (Å²) in [6.07, 6.45) is 0.335. The zero-order valence-corrected chi connectivity index (χ0v) is 9.41. The molecular weight excluding hydrogens is 216 g/mol. The largest absolute Gasteiger partial charge is 0.396 e. The topological polar surface area (TPSA) is 74.1 Å². The summed E-state index contributed by atoms with van der Waals surface area (Å²) in [5.74, 6) is 0. The number of hydrogen-bond donors (Lipinski definition) is 3. The van der Waals surface area contributed by atoms with Gasteiger partial charge in [0.05, 0.1) is 18.2 Å². The van der Waals surface area contributed by atoms with Gasteiger partial charge in [-0.3, -0.25) is 4.99 Å². The van der Waals surface area contributed by atoms with Gasteiger partial charge in [0, 0.05) is 20.1 Å². The maximum absolute atomic E-state index is 9.77. The smallest absolute Gasteiger partial charge is 0.159 e. The Bertz CT molecular complexity index is 262. The number of amidine groups is 1. The summed E-state index contributed by atoms with van der Waals surface area (Å²) in [5, 5.41) is 22.5. The number of nitrogens with one attached hydrogen (secondary N) is 1. The Kier molecular flexibility index (Phi) is 3.50. The van der Waals surface area contributed by atoms with Crippen LogP contribution in [0.25, 0.3) is 0 Å². The molecule has 6 heteroatoms. The molecule has 3 N–H and O–H groups in total. The van der Waals surface area contributed by atoms with Crippen LogP contribution in [0.3, 0.4) is 0 Å². The van der Waals surface area contributed by atoms with Crippen molar-refractivity contribution in [3.05, 3.63) is 0 Å². The number of nitrogens with zero attached hydrogens (tertiary/aromatic N) is 1. The molecule has 1 saturated heterocycles. The molecule has 0 unspecified atom stereocenters. The van der Waals surface area contributed by atoms with Crippen molar-refractivity contribution in [2.45, 2.75) is 36.5 Å². The summed E-state index contributed by atoms with van der Waals surface area (Å²) < 4.78 is 5.69. The minimum Gasteiger partial charge on any atom is -0.396 e. The number of fused-ring (bicyclic) bond motifs is 1. The highest BCUT2D eigenvalue weighted by atomic mass is 32.2. The standard InChI is InChI=1S/C9H16N2O3S/c1-10-9-11-5-4-6(13)7(2-3-12)14-8(5)15-9/h5-8,12-13H,2-4H2,1H3,(H,10,11)/t5-,6+,7-,8-/m1/s1. The highest BCUT2D eigenvalue weighted by molar-refractivity contribution is 8.14. The first kappa shape index (κ1) is 11.2. The molecule has 2 heterocycles. The van der Waals surface area contributed by atoms with Crippen LogP contribution in [0.2, 0.25) is 0 Å². The predicted octanol–water partition coefficient (Wildman–Crippen LogP) is -0.464. The van der Waals surface area contributed by atoms with Crippen LogP contribution < -0.4 is 5.32 Å². The van der Waals surface area contributed by atoms with Gasteiger partial charge >= 0.3 is 0 Å². The highest BCUT2D eigenvalue weighted by Crippen LogP contribution is 2.35. The van der Waals surface area contributed by atoms with Gasteiger partial charge in [0.2, 0.25) is 0 Å². The van der Waals surface area contributed by atoms with Crippen LogP contribution in [-0.2, 0) is 4.74 Å². The molecule has 0 aromatic carbocycles. The molecule has 2 aliphatic heterocycles. The van der Waals surface area contributed by atoms with Crippen molar-refractivity contribution in [3.63, 3.8) is 0 Å². The molecule has 2 aliphatic rings. The number of ether oxygens (including phenoxy) is 1. The molecule has 0 radical (unpaired) electrons. The van der Waals surface area contributed by atoms with Gasteiger partial charge < -0.3 is 20.3 Å². The van der Waals surface area contributed by atoms with Gasteiger partial charge in [-0.05, 0) is 6.42 Å². The van der Waals surface area contributed by atoms with E-state index >= 15 is 0 Å². The van der Waals surface area contributed by atoms with Gasteiger partial charge in [-0.1, -0.05) is 11.8 Å². The molecule has 1 fully saturated rings. The van der Waals surface area contributed by atoms with Gasteiger partial charge in [-0.15, -0.1) is 0 Å². The Morgan fingerprint density at radius 2 is 2.47 bits per heavy atom. The first-order valence-corrected chi connectivity index (χ1v) is 5.99. The first-order valence-electron chi connectivity index (χ1n) is 5.11. The normalized spacial score (nSPS) is 39.8. The number of thioether (sulfide) groups is 1. The molecule has 2 rings (SSSR count).